The minimum atomic E-state index is -0.489. The Morgan fingerprint density at radius 3 is 2.48 bits per heavy atom. The minimum Gasteiger partial charge on any atom is -0.504 e. The highest BCUT2D eigenvalue weighted by Crippen LogP contribution is 2.27. The van der Waals surface area contributed by atoms with Crippen molar-refractivity contribution in [3.63, 3.8) is 0 Å². The van der Waals surface area contributed by atoms with Crippen LogP contribution in [0.5, 0.6) is 11.5 Å². The van der Waals surface area contributed by atoms with Crippen LogP contribution in [0.2, 0.25) is 0 Å². The average molecular weight is 354 g/mol. The van der Waals surface area contributed by atoms with Crippen LogP contribution in [0.15, 0.2) is 18.2 Å². The number of carbonyl (C=O) groups is 1. The number of rotatable bonds is 11. The van der Waals surface area contributed by atoms with Gasteiger partial charge < -0.3 is 24.9 Å². The number of phenolic OH excluding ortho intramolecular Hbond substituents is 1. The Morgan fingerprint density at radius 2 is 1.92 bits per heavy atom. The zero-order valence-electron chi connectivity index (χ0n) is 15.8. The summed E-state index contributed by atoms with van der Waals surface area (Å²) in [6, 6.07) is 5.18. The van der Waals surface area contributed by atoms with Gasteiger partial charge in [0.15, 0.2) is 11.5 Å². The Hall–Kier alpha value is -1.59. The number of aliphatic hydroxyl groups is 2. The Morgan fingerprint density at radius 1 is 1.20 bits per heavy atom. The van der Waals surface area contributed by atoms with Crippen molar-refractivity contribution >= 4 is 5.78 Å². The number of carbonyl (C=O) groups excluding carboxylic acids is 1. The SMILES string of the molecule is CCCCCCC(O)CO.CCOc1cc(CCC(C)=O)ccc1O. The molecule has 5 nitrogen and oxygen atoms in total. The first-order valence-electron chi connectivity index (χ1n) is 9.17. The molecule has 0 aromatic heterocycles. The number of benzene rings is 1. The highest BCUT2D eigenvalue weighted by atomic mass is 16.5. The third-order valence-corrected chi connectivity index (χ3v) is 3.69. The van der Waals surface area contributed by atoms with Gasteiger partial charge in [0.25, 0.3) is 0 Å². The second-order valence-electron chi connectivity index (χ2n) is 6.12. The number of aryl methyl sites for hydroxylation is 1. The standard InChI is InChI=1S/C12H16O3.C8H18O2/c1-3-15-12-8-10(5-4-9(2)13)6-7-11(12)14;1-2-3-4-5-6-8(10)7-9/h6-8,14H,3-5H2,1-2H3;8-10H,2-7H2,1H3. The zero-order chi connectivity index (χ0) is 19.1. The summed E-state index contributed by atoms with van der Waals surface area (Å²) >= 11 is 0. The molecule has 0 bridgehead atoms. The molecule has 0 aliphatic heterocycles. The lowest BCUT2D eigenvalue weighted by atomic mass is 10.1. The summed E-state index contributed by atoms with van der Waals surface area (Å²) < 4.78 is 5.25. The monoisotopic (exact) mass is 354 g/mol. The predicted octanol–water partition coefficient (Wildman–Crippen LogP) is 3.62. The van der Waals surface area contributed by atoms with Crippen molar-refractivity contribution in [2.24, 2.45) is 0 Å². The van der Waals surface area contributed by atoms with Gasteiger partial charge >= 0.3 is 0 Å². The zero-order valence-corrected chi connectivity index (χ0v) is 15.8. The van der Waals surface area contributed by atoms with Gasteiger partial charge in [-0.25, -0.2) is 0 Å². The first-order chi connectivity index (χ1) is 11.9. The highest BCUT2D eigenvalue weighted by Gasteiger charge is 2.04. The van der Waals surface area contributed by atoms with E-state index < -0.39 is 6.10 Å². The Labute approximate surface area is 151 Å². The molecular formula is C20H34O5. The maximum atomic E-state index is 10.8. The van der Waals surface area contributed by atoms with Crippen molar-refractivity contribution < 1.29 is 24.9 Å². The number of hydrogen-bond donors (Lipinski definition) is 3. The lowest BCUT2D eigenvalue weighted by Gasteiger charge is -2.07. The van der Waals surface area contributed by atoms with Crippen molar-refractivity contribution in [3.8, 4) is 11.5 Å². The molecule has 1 unspecified atom stereocenters. The Bertz CT molecular complexity index is 473. The lowest BCUT2D eigenvalue weighted by molar-refractivity contribution is -0.116. The summed E-state index contributed by atoms with van der Waals surface area (Å²) in [5.74, 6) is 0.794. The van der Waals surface area contributed by atoms with E-state index in [-0.39, 0.29) is 18.1 Å². The fraction of sp³-hybridized carbons (Fsp3) is 0.650. The molecule has 0 saturated carbocycles. The van der Waals surface area contributed by atoms with Gasteiger partial charge in [0.05, 0.1) is 19.3 Å². The first kappa shape index (κ1) is 23.4. The quantitative estimate of drug-likeness (QED) is 0.528. The molecule has 144 valence electrons. The number of phenols is 1. The number of hydrogen-bond acceptors (Lipinski definition) is 5. The number of aromatic hydroxyl groups is 1. The van der Waals surface area contributed by atoms with Crippen LogP contribution in [-0.2, 0) is 11.2 Å². The van der Waals surface area contributed by atoms with Gasteiger partial charge in [0.1, 0.15) is 5.78 Å². The van der Waals surface area contributed by atoms with Crippen LogP contribution in [0.25, 0.3) is 0 Å². The molecule has 0 amide bonds. The van der Waals surface area contributed by atoms with Crippen LogP contribution in [-0.4, -0.2) is 40.4 Å². The van der Waals surface area contributed by atoms with Gasteiger partial charge in [-0.15, -0.1) is 0 Å². The molecule has 0 aliphatic carbocycles. The van der Waals surface area contributed by atoms with E-state index in [9.17, 15) is 9.90 Å². The lowest BCUT2D eigenvalue weighted by Crippen LogP contribution is -2.10. The molecule has 0 aliphatic rings. The number of aliphatic hydroxyl groups excluding tert-OH is 2. The second kappa shape index (κ2) is 14.7. The molecule has 0 saturated heterocycles. The van der Waals surface area contributed by atoms with Crippen LogP contribution in [0.1, 0.15) is 64.9 Å². The fourth-order valence-corrected chi connectivity index (χ4v) is 2.20. The van der Waals surface area contributed by atoms with Crippen LogP contribution >= 0.6 is 0 Å². The maximum absolute atomic E-state index is 10.8. The van der Waals surface area contributed by atoms with E-state index in [1.165, 1.54) is 19.3 Å². The van der Waals surface area contributed by atoms with Gasteiger partial charge in [-0.2, -0.15) is 0 Å². The Balaban J connectivity index is 0.000000504. The molecule has 1 aromatic carbocycles. The van der Waals surface area contributed by atoms with E-state index in [4.69, 9.17) is 14.9 Å². The third kappa shape index (κ3) is 12.4. The Kier molecular flexibility index (Phi) is 13.8. The molecule has 0 heterocycles. The highest BCUT2D eigenvalue weighted by molar-refractivity contribution is 5.75. The van der Waals surface area contributed by atoms with Crippen LogP contribution in [0, 0.1) is 0 Å². The molecule has 1 atom stereocenters. The summed E-state index contributed by atoms with van der Waals surface area (Å²) in [5.41, 5.74) is 1.01. The topological polar surface area (TPSA) is 87.0 Å². The van der Waals surface area contributed by atoms with Crippen molar-refractivity contribution in [2.45, 2.75) is 71.8 Å². The van der Waals surface area contributed by atoms with Crippen molar-refractivity contribution in [3.05, 3.63) is 23.8 Å². The van der Waals surface area contributed by atoms with Crippen molar-refractivity contribution in [1.82, 2.24) is 0 Å². The van der Waals surface area contributed by atoms with Gasteiger partial charge in [-0.05, 0) is 44.4 Å². The molecule has 3 N–H and O–H groups in total. The average Bonchev–Trinajstić information content (AvgIpc) is 2.60. The molecular weight excluding hydrogens is 320 g/mol. The molecule has 25 heavy (non-hydrogen) atoms. The normalized spacial score (nSPS) is 11.4. The van der Waals surface area contributed by atoms with E-state index in [2.05, 4.69) is 6.92 Å². The molecule has 1 aromatic rings. The summed E-state index contributed by atoms with van der Waals surface area (Å²) in [4.78, 5) is 10.8. The minimum absolute atomic E-state index is 0.0911. The fourth-order valence-electron chi connectivity index (χ4n) is 2.20. The molecule has 0 spiro atoms. The summed E-state index contributed by atoms with van der Waals surface area (Å²) in [5, 5.41) is 26.8. The van der Waals surface area contributed by atoms with Crippen molar-refractivity contribution in [1.29, 1.82) is 0 Å². The van der Waals surface area contributed by atoms with E-state index in [0.717, 1.165) is 18.4 Å². The van der Waals surface area contributed by atoms with Gasteiger partial charge in [-0.3, -0.25) is 0 Å². The molecule has 0 radical (unpaired) electrons. The van der Waals surface area contributed by atoms with Crippen molar-refractivity contribution in [2.75, 3.05) is 13.2 Å². The molecule has 1 rings (SSSR count). The van der Waals surface area contributed by atoms with Crippen LogP contribution in [0.4, 0.5) is 0 Å². The smallest absolute Gasteiger partial charge is 0.161 e. The van der Waals surface area contributed by atoms with E-state index in [1.807, 2.05) is 6.92 Å². The number of unbranched alkanes of at least 4 members (excludes halogenated alkanes) is 3. The van der Waals surface area contributed by atoms with E-state index in [0.29, 0.717) is 25.2 Å². The molecule has 0 fully saturated rings. The summed E-state index contributed by atoms with van der Waals surface area (Å²) in [7, 11) is 0. The number of ketones is 1. The second-order valence-corrected chi connectivity index (χ2v) is 6.12. The van der Waals surface area contributed by atoms with Gasteiger partial charge in [-0.1, -0.05) is 38.7 Å². The van der Waals surface area contributed by atoms with E-state index in [1.54, 1.807) is 25.1 Å². The van der Waals surface area contributed by atoms with Crippen LogP contribution < -0.4 is 4.74 Å². The van der Waals surface area contributed by atoms with Gasteiger partial charge in [0, 0.05) is 6.42 Å². The maximum Gasteiger partial charge on any atom is 0.161 e. The summed E-state index contributed by atoms with van der Waals surface area (Å²) in [6.07, 6.45) is 6.14. The van der Waals surface area contributed by atoms with Gasteiger partial charge in [0.2, 0.25) is 0 Å². The predicted molar refractivity (Wildman–Crippen MR) is 100 cm³/mol. The third-order valence-electron chi connectivity index (χ3n) is 3.69. The number of ether oxygens (including phenoxy) is 1. The van der Waals surface area contributed by atoms with Crippen LogP contribution in [0.3, 0.4) is 0 Å². The molecule has 5 heteroatoms. The van der Waals surface area contributed by atoms with E-state index >= 15 is 0 Å². The summed E-state index contributed by atoms with van der Waals surface area (Å²) in [6.45, 7) is 6.02. The largest absolute Gasteiger partial charge is 0.504 e. The first-order valence-corrected chi connectivity index (χ1v) is 9.17. The number of Topliss-reactive ketones (excluding diaryl/α,β-unsaturated/α-hetero) is 1.